The Morgan fingerprint density at radius 3 is 2.55 bits per heavy atom. The van der Waals surface area contributed by atoms with Crippen molar-refractivity contribution in [2.75, 3.05) is 6.61 Å². The van der Waals surface area contributed by atoms with E-state index in [0.29, 0.717) is 19.4 Å². The maximum absolute atomic E-state index is 10.2. The standard InChI is InChI=1S/C6H10O5/c7-5(8)6(9,10)4-2-1-3-11-4/h4,9-10H,1-3H2,(H,7,8). The van der Waals surface area contributed by atoms with Gasteiger partial charge in [-0.05, 0) is 12.8 Å². The number of aliphatic carboxylic acids is 1. The Bertz CT molecular complexity index is 158. The smallest absolute Gasteiger partial charge is 0.366 e. The van der Waals surface area contributed by atoms with Gasteiger partial charge in [0.2, 0.25) is 0 Å². The Morgan fingerprint density at radius 1 is 1.55 bits per heavy atom. The molecule has 1 heterocycles. The zero-order chi connectivity index (χ0) is 8.48. The number of hydrogen-bond acceptors (Lipinski definition) is 4. The van der Waals surface area contributed by atoms with Gasteiger partial charge in [-0.1, -0.05) is 0 Å². The van der Waals surface area contributed by atoms with E-state index in [1.807, 2.05) is 0 Å². The van der Waals surface area contributed by atoms with Crippen molar-refractivity contribution in [1.29, 1.82) is 0 Å². The molecular formula is C6H10O5. The van der Waals surface area contributed by atoms with Crippen LogP contribution >= 0.6 is 0 Å². The molecule has 1 atom stereocenters. The van der Waals surface area contributed by atoms with Crippen LogP contribution in [-0.4, -0.2) is 39.8 Å². The predicted molar refractivity (Wildman–Crippen MR) is 33.8 cm³/mol. The van der Waals surface area contributed by atoms with Gasteiger partial charge in [0.1, 0.15) is 6.10 Å². The number of rotatable bonds is 2. The normalized spacial score (nSPS) is 25.5. The number of aliphatic hydroxyl groups is 2. The number of hydrogen-bond donors (Lipinski definition) is 3. The Kier molecular flexibility index (Phi) is 2.12. The van der Waals surface area contributed by atoms with Crippen molar-refractivity contribution in [2.24, 2.45) is 0 Å². The SMILES string of the molecule is O=C(O)C(O)(O)C1CCCO1. The van der Waals surface area contributed by atoms with E-state index in [1.54, 1.807) is 0 Å². The van der Waals surface area contributed by atoms with Gasteiger partial charge >= 0.3 is 5.97 Å². The van der Waals surface area contributed by atoms with Gasteiger partial charge in [-0.3, -0.25) is 0 Å². The van der Waals surface area contributed by atoms with Gasteiger partial charge in [0.05, 0.1) is 0 Å². The minimum absolute atomic E-state index is 0.374. The van der Waals surface area contributed by atoms with Gasteiger partial charge in [0, 0.05) is 6.61 Å². The molecule has 64 valence electrons. The first kappa shape index (κ1) is 8.45. The van der Waals surface area contributed by atoms with Crippen molar-refractivity contribution >= 4 is 5.97 Å². The molecule has 0 aromatic heterocycles. The van der Waals surface area contributed by atoms with E-state index >= 15 is 0 Å². The molecule has 5 nitrogen and oxygen atoms in total. The summed E-state index contributed by atoms with van der Waals surface area (Å²) in [6.45, 7) is 0.390. The molecule has 1 aliphatic rings. The van der Waals surface area contributed by atoms with Crippen LogP contribution in [0.4, 0.5) is 0 Å². The molecule has 3 N–H and O–H groups in total. The highest BCUT2D eigenvalue weighted by Crippen LogP contribution is 2.21. The van der Waals surface area contributed by atoms with E-state index in [4.69, 9.17) is 20.1 Å². The fourth-order valence-corrected chi connectivity index (χ4v) is 1.03. The maximum Gasteiger partial charge on any atom is 0.366 e. The monoisotopic (exact) mass is 162 g/mol. The van der Waals surface area contributed by atoms with Crippen molar-refractivity contribution in [3.63, 3.8) is 0 Å². The molecule has 11 heavy (non-hydrogen) atoms. The molecule has 5 heteroatoms. The van der Waals surface area contributed by atoms with Crippen LogP contribution < -0.4 is 0 Å². The van der Waals surface area contributed by atoms with Crippen LogP contribution in [0.15, 0.2) is 0 Å². The van der Waals surface area contributed by atoms with Crippen LogP contribution in [0, 0.1) is 0 Å². The molecule has 0 spiro atoms. The third-order valence-corrected chi connectivity index (χ3v) is 1.69. The highest BCUT2D eigenvalue weighted by molar-refractivity contribution is 5.75. The minimum atomic E-state index is -2.73. The van der Waals surface area contributed by atoms with Crippen molar-refractivity contribution in [3.8, 4) is 0 Å². The van der Waals surface area contributed by atoms with E-state index in [0.717, 1.165) is 0 Å². The zero-order valence-corrected chi connectivity index (χ0v) is 5.86. The highest BCUT2D eigenvalue weighted by Gasteiger charge is 2.44. The van der Waals surface area contributed by atoms with Gasteiger partial charge in [-0.15, -0.1) is 0 Å². The highest BCUT2D eigenvalue weighted by atomic mass is 16.6. The minimum Gasteiger partial charge on any atom is -0.477 e. The van der Waals surface area contributed by atoms with Gasteiger partial charge in [-0.2, -0.15) is 0 Å². The molecule has 0 radical (unpaired) electrons. The van der Waals surface area contributed by atoms with Crippen molar-refractivity contribution in [3.05, 3.63) is 0 Å². The zero-order valence-electron chi connectivity index (χ0n) is 5.86. The Balaban J connectivity index is 2.62. The van der Waals surface area contributed by atoms with Crippen molar-refractivity contribution in [1.82, 2.24) is 0 Å². The molecule has 1 fully saturated rings. The number of carbonyl (C=O) groups is 1. The van der Waals surface area contributed by atoms with E-state index in [2.05, 4.69) is 0 Å². The summed E-state index contributed by atoms with van der Waals surface area (Å²) in [6.07, 6.45) is 0.0557. The second-order valence-corrected chi connectivity index (χ2v) is 2.53. The lowest BCUT2D eigenvalue weighted by Crippen LogP contribution is -2.49. The number of carboxylic acids is 1. The largest absolute Gasteiger partial charge is 0.477 e. The van der Waals surface area contributed by atoms with Gasteiger partial charge < -0.3 is 20.1 Å². The predicted octanol–water partition coefficient (Wildman–Crippen LogP) is -1.07. The first-order valence-electron chi connectivity index (χ1n) is 3.35. The topological polar surface area (TPSA) is 87.0 Å². The summed E-state index contributed by atoms with van der Waals surface area (Å²) in [5, 5.41) is 26.2. The summed E-state index contributed by atoms with van der Waals surface area (Å²) in [6, 6.07) is 0. The summed E-state index contributed by atoms with van der Waals surface area (Å²) in [7, 11) is 0. The fourth-order valence-electron chi connectivity index (χ4n) is 1.03. The second kappa shape index (κ2) is 2.77. The van der Waals surface area contributed by atoms with Gasteiger partial charge in [0.15, 0.2) is 0 Å². The van der Waals surface area contributed by atoms with E-state index in [9.17, 15) is 4.79 Å². The van der Waals surface area contributed by atoms with Crippen LogP contribution in [0.2, 0.25) is 0 Å². The van der Waals surface area contributed by atoms with Gasteiger partial charge in [0.25, 0.3) is 5.79 Å². The van der Waals surface area contributed by atoms with Crippen LogP contribution in [0.3, 0.4) is 0 Å². The van der Waals surface area contributed by atoms with Crippen molar-refractivity contribution < 1.29 is 24.9 Å². The summed E-state index contributed by atoms with van der Waals surface area (Å²) < 4.78 is 4.80. The first-order chi connectivity index (χ1) is 5.05. The average Bonchev–Trinajstić information content (AvgIpc) is 2.37. The first-order valence-corrected chi connectivity index (χ1v) is 3.35. The lowest BCUT2D eigenvalue weighted by Gasteiger charge is -2.22. The molecule has 0 aliphatic carbocycles. The van der Waals surface area contributed by atoms with Crippen LogP contribution in [-0.2, 0) is 9.53 Å². The average molecular weight is 162 g/mol. The molecule has 1 unspecified atom stereocenters. The summed E-state index contributed by atoms with van der Waals surface area (Å²) in [5.74, 6) is -4.39. The fraction of sp³-hybridized carbons (Fsp3) is 0.833. The molecule has 0 aromatic carbocycles. The third kappa shape index (κ3) is 1.50. The van der Waals surface area contributed by atoms with E-state index in [-0.39, 0.29) is 0 Å². The lowest BCUT2D eigenvalue weighted by atomic mass is 10.1. The number of carboxylic acid groups (broad SMARTS) is 1. The molecule has 1 saturated heterocycles. The molecule has 0 bridgehead atoms. The summed E-state index contributed by atoms with van der Waals surface area (Å²) in [4.78, 5) is 10.2. The lowest BCUT2D eigenvalue weighted by molar-refractivity contribution is -0.237. The molecule has 0 amide bonds. The van der Waals surface area contributed by atoms with Crippen LogP contribution in [0.1, 0.15) is 12.8 Å². The molecule has 1 rings (SSSR count). The Hall–Kier alpha value is -0.650. The van der Waals surface area contributed by atoms with E-state index < -0.39 is 17.9 Å². The van der Waals surface area contributed by atoms with Crippen LogP contribution in [0.5, 0.6) is 0 Å². The Morgan fingerprint density at radius 2 is 2.18 bits per heavy atom. The third-order valence-electron chi connectivity index (χ3n) is 1.69. The summed E-state index contributed by atoms with van der Waals surface area (Å²) >= 11 is 0. The number of ether oxygens (including phenoxy) is 1. The molecule has 1 aliphatic heterocycles. The second-order valence-electron chi connectivity index (χ2n) is 2.53. The van der Waals surface area contributed by atoms with Crippen LogP contribution in [0.25, 0.3) is 0 Å². The van der Waals surface area contributed by atoms with E-state index in [1.165, 1.54) is 0 Å². The summed E-state index contributed by atoms with van der Waals surface area (Å²) in [5.41, 5.74) is 0. The molecular weight excluding hydrogens is 152 g/mol. The Labute approximate surface area is 63.2 Å². The molecule has 0 saturated carbocycles. The van der Waals surface area contributed by atoms with Crippen molar-refractivity contribution in [2.45, 2.75) is 24.7 Å². The quantitative estimate of drug-likeness (QED) is 0.450. The molecule has 0 aromatic rings. The van der Waals surface area contributed by atoms with Gasteiger partial charge in [-0.25, -0.2) is 4.79 Å². The maximum atomic E-state index is 10.2.